The molecule has 1 aliphatic carbocycles. The van der Waals surface area contributed by atoms with E-state index in [4.69, 9.17) is 9.47 Å². The van der Waals surface area contributed by atoms with E-state index in [1.54, 1.807) is 43.4 Å². The summed E-state index contributed by atoms with van der Waals surface area (Å²) in [5.74, 6) is 1.11. The molecule has 8 heteroatoms. The number of ether oxygens (including phenoxy) is 2. The van der Waals surface area contributed by atoms with Gasteiger partial charge in [-0.2, -0.15) is 0 Å². The van der Waals surface area contributed by atoms with Gasteiger partial charge in [-0.1, -0.05) is 24.3 Å². The predicted molar refractivity (Wildman–Crippen MR) is 122 cm³/mol. The first-order valence-corrected chi connectivity index (χ1v) is 11.9. The van der Waals surface area contributed by atoms with Crippen molar-refractivity contribution in [2.45, 2.75) is 30.3 Å². The second-order valence-electron chi connectivity index (χ2n) is 8.07. The SMILES string of the molecule is COc1ccc(OC)c(CN(C(=O)CN2c3cccc4cccc(c34)S2(=O)=O)C2CC2)c1. The fourth-order valence-electron chi connectivity index (χ4n) is 4.34. The van der Waals surface area contributed by atoms with Crippen LogP contribution in [0.4, 0.5) is 5.69 Å². The van der Waals surface area contributed by atoms with E-state index in [0.717, 1.165) is 23.8 Å². The molecule has 0 saturated heterocycles. The molecule has 0 N–H and O–H groups in total. The van der Waals surface area contributed by atoms with Crippen molar-refractivity contribution in [3.8, 4) is 11.5 Å². The van der Waals surface area contributed by atoms with Gasteiger partial charge >= 0.3 is 0 Å². The third-order valence-corrected chi connectivity index (χ3v) is 7.90. The van der Waals surface area contributed by atoms with Gasteiger partial charge < -0.3 is 14.4 Å². The molecular formula is C24H24N2O5S. The summed E-state index contributed by atoms with van der Waals surface area (Å²) in [7, 11) is -0.612. The zero-order valence-corrected chi connectivity index (χ0v) is 18.8. The number of carbonyl (C=O) groups is 1. The maximum absolute atomic E-state index is 13.4. The van der Waals surface area contributed by atoms with Crippen molar-refractivity contribution in [2.75, 3.05) is 25.1 Å². The molecule has 0 unspecified atom stereocenters. The lowest BCUT2D eigenvalue weighted by Crippen LogP contribution is -2.42. The van der Waals surface area contributed by atoms with Crippen LogP contribution in [0.2, 0.25) is 0 Å². The first kappa shape index (κ1) is 20.6. The summed E-state index contributed by atoms with van der Waals surface area (Å²) >= 11 is 0. The number of carbonyl (C=O) groups excluding carboxylic acids is 1. The number of hydrogen-bond acceptors (Lipinski definition) is 5. The number of anilines is 1. The van der Waals surface area contributed by atoms with Crippen LogP contribution in [-0.4, -0.2) is 46.0 Å². The average molecular weight is 453 g/mol. The Kier molecular flexibility index (Phi) is 4.97. The minimum Gasteiger partial charge on any atom is -0.497 e. The molecule has 0 radical (unpaired) electrons. The number of rotatable bonds is 7. The van der Waals surface area contributed by atoms with Crippen molar-refractivity contribution < 1.29 is 22.7 Å². The molecule has 1 amide bonds. The van der Waals surface area contributed by atoms with E-state index in [0.29, 0.717) is 29.1 Å². The number of methoxy groups -OCH3 is 2. The summed E-state index contributed by atoms with van der Waals surface area (Å²) in [5, 5.41) is 1.52. The van der Waals surface area contributed by atoms with Crippen molar-refractivity contribution in [1.29, 1.82) is 0 Å². The molecule has 5 rings (SSSR count). The van der Waals surface area contributed by atoms with Gasteiger partial charge in [-0.25, -0.2) is 8.42 Å². The fraction of sp³-hybridized carbons (Fsp3) is 0.292. The van der Waals surface area contributed by atoms with Crippen LogP contribution in [0.5, 0.6) is 11.5 Å². The Labute approximate surface area is 187 Å². The molecule has 32 heavy (non-hydrogen) atoms. The summed E-state index contributed by atoms with van der Waals surface area (Å²) in [4.78, 5) is 15.5. The molecule has 0 aromatic heterocycles. The Hall–Kier alpha value is -3.26. The average Bonchev–Trinajstić information content (AvgIpc) is 3.62. The Morgan fingerprint density at radius 3 is 2.50 bits per heavy atom. The van der Waals surface area contributed by atoms with E-state index in [9.17, 15) is 13.2 Å². The molecule has 0 atom stereocenters. The van der Waals surface area contributed by atoms with Crippen molar-refractivity contribution in [2.24, 2.45) is 0 Å². The summed E-state index contributed by atoms with van der Waals surface area (Å²) < 4.78 is 38.6. The lowest BCUT2D eigenvalue weighted by atomic mass is 10.1. The molecule has 3 aromatic carbocycles. The number of benzene rings is 3. The minimum absolute atomic E-state index is 0.0990. The van der Waals surface area contributed by atoms with E-state index in [1.807, 2.05) is 30.3 Å². The molecule has 3 aromatic rings. The zero-order chi connectivity index (χ0) is 22.5. The van der Waals surface area contributed by atoms with E-state index in [-0.39, 0.29) is 23.4 Å². The van der Waals surface area contributed by atoms with Crippen LogP contribution in [-0.2, 0) is 21.4 Å². The van der Waals surface area contributed by atoms with Gasteiger partial charge in [-0.3, -0.25) is 9.10 Å². The molecule has 1 fully saturated rings. The van der Waals surface area contributed by atoms with Crippen molar-refractivity contribution in [3.05, 3.63) is 60.2 Å². The maximum Gasteiger partial charge on any atom is 0.265 e. The highest BCUT2D eigenvalue weighted by atomic mass is 32.2. The third-order valence-electron chi connectivity index (χ3n) is 6.10. The molecule has 2 aliphatic rings. The highest BCUT2D eigenvalue weighted by molar-refractivity contribution is 7.93. The van der Waals surface area contributed by atoms with Crippen LogP contribution in [0.3, 0.4) is 0 Å². The van der Waals surface area contributed by atoms with Crippen molar-refractivity contribution in [3.63, 3.8) is 0 Å². The van der Waals surface area contributed by atoms with Gasteiger partial charge in [-0.15, -0.1) is 0 Å². The number of hydrogen-bond donors (Lipinski definition) is 0. The normalized spacial score (nSPS) is 16.2. The standard InChI is InChI=1S/C24H24N2O5S/c1-30-19-11-12-21(31-2)17(13-19)14-25(18-9-10-18)23(27)15-26-20-7-3-5-16-6-4-8-22(24(16)20)32(26,28)29/h3-8,11-13,18H,9-10,14-15H2,1-2H3. The van der Waals surface area contributed by atoms with Crippen LogP contribution >= 0.6 is 0 Å². The number of sulfonamides is 1. The predicted octanol–water partition coefficient (Wildman–Crippen LogP) is 3.56. The van der Waals surface area contributed by atoms with Crippen LogP contribution < -0.4 is 13.8 Å². The van der Waals surface area contributed by atoms with Crippen LogP contribution in [0, 0.1) is 0 Å². The van der Waals surface area contributed by atoms with Gasteiger partial charge in [0.15, 0.2) is 0 Å². The molecule has 0 spiro atoms. The summed E-state index contributed by atoms with van der Waals surface area (Å²) in [6.45, 7) is 0.0911. The van der Waals surface area contributed by atoms with Gasteiger partial charge in [0, 0.05) is 23.5 Å². The molecule has 166 valence electrons. The third kappa shape index (κ3) is 3.35. The first-order chi connectivity index (χ1) is 15.4. The lowest BCUT2D eigenvalue weighted by molar-refractivity contribution is -0.130. The molecule has 1 heterocycles. The second kappa shape index (κ2) is 7.70. The Balaban J connectivity index is 1.46. The topological polar surface area (TPSA) is 76.2 Å². The lowest BCUT2D eigenvalue weighted by Gasteiger charge is -2.27. The van der Waals surface area contributed by atoms with Gasteiger partial charge in [0.1, 0.15) is 18.0 Å². The molecule has 7 nitrogen and oxygen atoms in total. The highest BCUT2D eigenvalue weighted by Gasteiger charge is 2.40. The smallest absolute Gasteiger partial charge is 0.265 e. The van der Waals surface area contributed by atoms with E-state index in [1.165, 1.54) is 4.31 Å². The van der Waals surface area contributed by atoms with E-state index >= 15 is 0 Å². The summed E-state index contributed by atoms with van der Waals surface area (Å²) in [6, 6.07) is 16.2. The summed E-state index contributed by atoms with van der Waals surface area (Å²) in [6.07, 6.45) is 1.81. The Morgan fingerprint density at radius 2 is 1.81 bits per heavy atom. The molecule has 0 bridgehead atoms. The van der Waals surface area contributed by atoms with Gasteiger partial charge in [0.2, 0.25) is 5.91 Å². The van der Waals surface area contributed by atoms with Crippen LogP contribution in [0.1, 0.15) is 18.4 Å². The fourth-order valence-corrected chi connectivity index (χ4v) is 6.00. The van der Waals surface area contributed by atoms with Crippen molar-refractivity contribution >= 4 is 32.4 Å². The molecular weight excluding hydrogens is 428 g/mol. The van der Waals surface area contributed by atoms with Crippen molar-refractivity contribution in [1.82, 2.24) is 4.90 Å². The summed E-state index contributed by atoms with van der Waals surface area (Å²) in [5.41, 5.74) is 1.38. The van der Waals surface area contributed by atoms with E-state index < -0.39 is 10.0 Å². The second-order valence-corrected chi connectivity index (χ2v) is 9.90. The van der Waals surface area contributed by atoms with E-state index in [2.05, 4.69) is 0 Å². The molecule has 1 saturated carbocycles. The quantitative estimate of drug-likeness (QED) is 0.548. The number of amides is 1. The van der Waals surface area contributed by atoms with Crippen LogP contribution in [0.15, 0.2) is 59.5 Å². The van der Waals surface area contributed by atoms with Gasteiger partial charge in [0.05, 0.1) is 24.8 Å². The number of nitrogens with zero attached hydrogens (tertiary/aromatic N) is 2. The maximum atomic E-state index is 13.4. The highest BCUT2D eigenvalue weighted by Crippen LogP contribution is 2.42. The molecule has 1 aliphatic heterocycles. The first-order valence-electron chi connectivity index (χ1n) is 10.5. The van der Waals surface area contributed by atoms with Crippen LogP contribution in [0.25, 0.3) is 10.8 Å². The largest absolute Gasteiger partial charge is 0.497 e. The monoisotopic (exact) mass is 452 g/mol. The van der Waals surface area contributed by atoms with Gasteiger partial charge in [0.25, 0.3) is 10.0 Å². The zero-order valence-electron chi connectivity index (χ0n) is 17.9. The Bertz CT molecular complexity index is 1310. The van der Waals surface area contributed by atoms with Gasteiger partial charge in [-0.05, 0) is 48.6 Å². The Morgan fingerprint density at radius 1 is 1.06 bits per heavy atom. The minimum atomic E-state index is -3.79.